The van der Waals surface area contributed by atoms with E-state index in [2.05, 4.69) is 57.4 Å². The number of aryl methyl sites for hydroxylation is 1. The highest BCUT2D eigenvalue weighted by Crippen LogP contribution is 2.22. The van der Waals surface area contributed by atoms with Gasteiger partial charge in [0.25, 0.3) is 0 Å². The van der Waals surface area contributed by atoms with E-state index in [1.165, 1.54) is 16.5 Å². The molecular weight excluding hydrogens is 264 g/mol. The summed E-state index contributed by atoms with van der Waals surface area (Å²) in [4.78, 5) is 4.44. The molecule has 0 bridgehead atoms. The van der Waals surface area contributed by atoms with Crippen molar-refractivity contribution in [2.24, 2.45) is 0 Å². The Bertz CT molecular complexity index is 729. The average Bonchev–Trinajstić information content (AvgIpc) is 3.07. The van der Waals surface area contributed by atoms with Gasteiger partial charge in [-0.3, -0.25) is 0 Å². The predicted molar refractivity (Wildman–Crippen MR) is 82.1 cm³/mol. The van der Waals surface area contributed by atoms with Gasteiger partial charge in [0.1, 0.15) is 6.54 Å². The van der Waals surface area contributed by atoms with Crippen LogP contribution < -0.4 is 5.32 Å². The number of aromatic nitrogens is 3. The molecule has 0 saturated carbocycles. The molecule has 2 heterocycles. The minimum Gasteiger partial charge on any atom is -0.338 e. The van der Waals surface area contributed by atoms with Gasteiger partial charge in [-0.05, 0) is 25.1 Å². The zero-order valence-corrected chi connectivity index (χ0v) is 12.5. The van der Waals surface area contributed by atoms with E-state index in [-0.39, 0.29) is 0 Å². The molecule has 3 rings (SSSR count). The minimum atomic E-state index is 0.612. The van der Waals surface area contributed by atoms with Crippen molar-refractivity contribution in [1.29, 1.82) is 0 Å². The summed E-state index contributed by atoms with van der Waals surface area (Å²) >= 11 is 0. The van der Waals surface area contributed by atoms with Gasteiger partial charge in [0.05, 0.1) is 0 Å². The van der Waals surface area contributed by atoms with Gasteiger partial charge >= 0.3 is 0 Å². The Kier molecular flexibility index (Phi) is 4.01. The third-order valence-electron chi connectivity index (χ3n) is 3.53. The summed E-state index contributed by atoms with van der Waals surface area (Å²) in [5.41, 5.74) is 2.47. The van der Waals surface area contributed by atoms with E-state index in [0.717, 1.165) is 25.2 Å². The van der Waals surface area contributed by atoms with Crippen molar-refractivity contribution in [3.8, 4) is 0 Å². The molecule has 2 aromatic heterocycles. The zero-order chi connectivity index (χ0) is 14.7. The lowest BCUT2D eigenvalue weighted by molar-refractivity contribution is 0.367. The predicted octanol–water partition coefficient (Wildman–Crippen LogP) is 2.74. The molecule has 0 aliphatic rings. The SMILES string of the molecule is CCCc1noc(Cn2cc(CNC)c3ccccc32)n1. The van der Waals surface area contributed by atoms with E-state index < -0.39 is 0 Å². The van der Waals surface area contributed by atoms with Gasteiger partial charge in [-0.15, -0.1) is 0 Å². The van der Waals surface area contributed by atoms with Crippen LogP contribution >= 0.6 is 0 Å². The highest BCUT2D eigenvalue weighted by Gasteiger charge is 2.11. The third kappa shape index (κ3) is 2.83. The molecule has 0 amide bonds. The summed E-state index contributed by atoms with van der Waals surface area (Å²) < 4.78 is 7.51. The molecule has 21 heavy (non-hydrogen) atoms. The summed E-state index contributed by atoms with van der Waals surface area (Å²) in [5.74, 6) is 1.45. The molecule has 0 atom stereocenters. The standard InChI is InChI=1S/C16H20N4O/c1-3-6-15-18-16(21-19-15)11-20-10-12(9-17-2)13-7-4-5-8-14(13)20/h4-5,7-8,10,17H,3,6,9,11H2,1-2H3. The van der Waals surface area contributed by atoms with Gasteiger partial charge in [0.15, 0.2) is 5.82 Å². The van der Waals surface area contributed by atoms with Crippen molar-refractivity contribution >= 4 is 10.9 Å². The van der Waals surface area contributed by atoms with Crippen molar-refractivity contribution in [1.82, 2.24) is 20.0 Å². The summed E-state index contributed by atoms with van der Waals surface area (Å²) in [6, 6.07) is 8.39. The van der Waals surface area contributed by atoms with Crippen LogP contribution in [-0.2, 0) is 19.5 Å². The number of hydrogen-bond acceptors (Lipinski definition) is 4. The van der Waals surface area contributed by atoms with E-state index in [1.54, 1.807) is 0 Å². The molecule has 5 heteroatoms. The smallest absolute Gasteiger partial charge is 0.246 e. The fourth-order valence-electron chi connectivity index (χ4n) is 2.61. The third-order valence-corrected chi connectivity index (χ3v) is 3.53. The number of nitrogens with zero attached hydrogens (tertiary/aromatic N) is 3. The lowest BCUT2D eigenvalue weighted by Crippen LogP contribution is -2.04. The summed E-state index contributed by atoms with van der Waals surface area (Å²) in [6.07, 6.45) is 4.05. The Morgan fingerprint density at radius 1 is 1.29 bits per heavy atom. The first-order valence-corrected chi connectivity index (χ1v) is 7.34. The van der Waals surface area contributed by atoms with Gasteiger partial charge < -0.3 is 14.4 Å². The summed E-state index contributed by atoms with van der Waals surface area (Å²) in [7, 11) is 1.96. The topological polar surface area (TPSA) is 55.9 Å². The van der Waals surface area contributed by atoms with Crippen LogP contribution in [0.15, 0.2) is 35.0 Å². The van der Waals surface area contributed by atoms with Crippen LogP contribution in [0.4, 0.5) is 0 Å². The molecule has 0 aliphatic heterocycles. The van der Waals surface area contributed by atoms with Crippen molar-refractivity contribution < 1.29 is 4.52 Å². The molecule has 3 aromatic rings. The number of benzene rings is 1. The molecule has 110 valence electrons. The van der Waals surface area contributed by atoms with Crippen molar-refractivity contribution in [3.05, 3.63) is 47.7 Å². The molecule has 5 nitrogen and oxygen atoms in total. The Morgan fingerprint density at radius 3 is 2.95 bits per heavy atom. The number of rotatable bonds is 6. The Morgan fingerprint density at radius 2 is 2.14 bits per heavy atom. The molecular formula is C16H20N4O. The van der Waals surface area contributed by atoms with Crippen molar-refractivity contribution in [3.63, 3.8) is 0 Å². The second-order valence-corrected chi connectivity index (χ2v) is 5.18. The first-order valence-electron chi connectivity index (χ1n) is 7.34. The number of nitrogens with one attached hydrogen (secondary N) is 1. The Labute approximate surface area is 124 Å². The maximum atomic E-state index is 5.34. The van der Waals surface area contributed by atoms with Gasteiger partial charge in [-0.2, -0.15) is 4.98 Å². The molecule has 0 saturated heterocycles. The van der Waals surface area contributed by atoms with Gasteiger partial charge in [0.2, 0.25) is 5.89 Å². The lowest BCUT2D eigenvalue weighted by atomic mass is 10.2. The highest BCUT2D eigenvalue weighted by molar-refractivity contribution is 5.84. The van der Waals surface area contributed by atoms with Crippen LogP contribution in [0.2, 0.25) is 0 Å². The van der Waals surface area contributed by atoms with Crippen LogP contribution in [0.25, 0.3) is 10.9 Å². The van der Waals surface area contributed by atoms with E-state index in [1.807, 2.05) is 7.05 Å². The fourth-order valence-corrected chi connectivity index (χ4v) is 2.61. The molecule has 1 N–H and O–H groups in total. The minimum absolute atomic E-state index is 0.612. The van der Waals surface area contributed by atoms with Crippen LogP contribution in [0.3, 0.4) is 0 Å². The molecule has 0 fully saturated rings. The molecule has 1 aromatic carbocycles. The van der Waals surface area contributed by atoms with Gasteiger partial charge in [-0.25, -0.2) is 0 Å². The van der Waals surface area contributed by atoms with Gasteiger partial charge in [-0.1, -0.05) is 30.3 Å². The van der Waals surface area contributed by atoms with Gasteiger partial charge in [0, 0.05) is 30.1 Å². The molecule has 0 spiro atoms. The number of para-hydroxylation sites is 1. The zero-order valence-electron chi connectivity index (χ0n) is 12.5. The fraction of sp³-hybridized carbons (Fsp3) is 0.375. The summed E-state index contributed by atoms with van der Waals surface area (Å²) in [6.45, 7) is 3.57. The number of hydrogen-bond donors (Lipinski definition) is 1. The second kappa shape index (κ2) is 6.10. The normalized spacial score (nSPS) is 11.3. The maximum Gasteiger partial charge on any atom is 0.246 e. The Balaban J connectivity index is 1.92. The maximum absolute atomic E-state index is 5.34. The van der Waals surface area contributed by atoms with Crippen LogP contribution in [0, 0.1) is 0 Å². The van der Waals surface area contributed by atoms with Crippen LogP contribution in [-0.4, -0.2) is 21.8 Å². The van der Waals surface area contributed by atoms with E-state index in [0.29, 0.717) is 12.4 Å². The molecule has 0 unspecified atom stereocenters. The van der Waals surface area contributed by atoms with E-state index in [9.17, 15) is 0 Å². The van der Waals surface area contributed by atoms with Crippen LogP contribution in [0.5, 0.6) is 0 Å². The number of fused-ring (bicyclic) bond motifs is 1. The quantitative estimate of drug-likeness (QED) is 0.756. The highest BCUT2D eigenvalue weighted by atomic mass is 16.5. The lowest BCUT2D eigenvalue weighted by Gasteiger charge is -2.00. The van der Waals surface area contributed by atoms with E-state index in [4.69, 9.17) is 4.52 Å². The first kappa shape index (κ1) is 13.8. The Hall–Kier alpha value is -2.14. The molecule has 0 radical (unpaired) electrons. The van der Waals surface area contributed by atoms with Crippen molar-refractivity contribution in [2.75, 3.05) is 7.05 Å². The van der Waals surface area contributed by atoms with E-state index >= 15 is 0 Å². The van der Waals surface area contributed by atoms with Crippen LogP contribution in [0.1, 0.15) is 30.6 Å². The molecule has 0 aliphatic carbocycles. The second-order valence-electron chi connectivity index (χ2n) is 5.18. The van der Waals surface area contributed by atoms with Crippen molar-refractivity contribution in [2.45, 2.75) is 32.9 Å². The summed E-state index contributed by atoms with van der Waals surface area (Å²) in [5, 5.41) is 8.49. The monoisotopic (exact) mass is 284 g/mol. The first-order chi connectivity index (χ1) is 10.3. The largest absolute Gasteiger partial charge is 0.338 e. The average molecular weight is 284 g/mol.